The molecule has 0 rings (SSSR count). The van der Waals surface area contributed by atoms with Crippen molar-refractivity contribution in [2.75, 3.05) is 26.7 Å². The van der Waals surface area contributed by atoms with Crippen LogP contribution in [0.1, 0.15) is 20.3 Å². The maximum atomic E-state index is 3.65. The van der Waals surface area contributed by atoms with E-state index in [1.165, 1.54) is 13.0 Å². The fourth-order valence-corrected chi connectivity index (χ4v) is 0.916. The summed E-state index contributed by atoms with van der Waals surface area (Å²) in [5, 5.41) is 3.28. The first-order valence-corrected chi connectivity index (χ1v) is 4.70. The van der Waals surface area contributed by atoms with Crippen molar-refractivity contribution in [3.05, 3.63) is 12.7 Å². The average Bonchev–Trinajstić information content (AvgIpc) is 2.03. The van der Waals surface area contributed by atoms with Gasteiger partial charge in [-0.25, -0.2) is 0 Å². The molecule has 0 radical (unpaired) electrons. The fraction of sp³-hybridized carbons (Fsp3) is 0.800. The zero-order valence-electron chi connectivity index (χ0n) is 8.64. The molecule has 0 bridgehead atoms. The molecule has 2 heteroatoms. The van der Waals surface area contributed by atoms with Crippen molar-refractivity contribution in [1.82, 2.24) is 10.2 Å². The van der Waals surface area contributed by atoms with Gasteiger partial charge < -0.3 is 10.2 Å². The van der Waals surface area contributed by atoms with E-state index in [0.29, 0.717) is 6.04 Å². The molecule has 0 saturated heterocycles. The van der Waals surface area contributed by atoms with Gasteiger partial charge in [-0.2, -0.15) is 0 Å². The molecule has 72 valence electrons. The SMILES string of the molecule is C=CCNCCCN(C)C(C)C. The Bertz CT molecular complexity index is 110. The van der Waals surface area contributed by atoms with Crippen molar-refractivity contribution >= 4 is 0 Å². The van der Waals surface area contributed by atoms with E-state index in [1.54, 1.807) is 0 Å². The molecule has 0 saturated carbocycles. The van der Waals surface area contributed by atoms with E-state index in [4.69, 9.17) is 0 Å². The molecule has 0 aromatic heterocycles. The lowest BCUT2D eigenvalue weighted by atomic mass is 10.3. The maximum Gasteiger partial charge on any atom is 0.0132 e. The minimum atomic E-state index is 0.657. The molecule has 0 aliphatic carbocycles. The van der Waals surface area contributed by atoms with Crippen LogP contribution in [0.3, 0.4) is 0 Å². The summed E-state index contributed by atoms with van der Waals surface area (Å²) in [5.74, 6) is 0. The highest BCUT2D eigenvalue weighted by atomic mass is 15.1. The van der Waals surface area contributed by atoms with Gasteiger partial charge in [-0.1, -0.05) is 6.08 Å². The van der Waals surface area contributed by atoms with E-state index in [9.17, 15) is 0 Å². The third-order valence-electron chi connectivity index (χ3n) is 2.03. The number of nitrogens with zero attached hydrogens (tertiary/aromatic N) is 1. The van der Waals surface area contributed by atoms with Gasteiger partial charge in [0, 0.05) is 12.6 Å². The zero-order chi connectivity index (χ0) is 9.40. The molecule has 0 aliphatic heterocycles. The van der Waals surface area contributed by atoms with E-state index in [1.807, 2.05) is 6.08 Å². The highest BCUT2D eigenvalue weighted by Gasteiger charge is 2.00. The number of hydrogen-bond donors (Lipinski definition) is 1. The molecule has 0 fully saturated rings. The number of nitrogens with one attached hydrogen (secondary N) is 1. The second-order valence-electron chi connectivity index (χ2n) is 3.42. The third kappa shape index (κ3) is 6.38. The first-order valence-electron chi connectivity index (χ1n) is 4.70. The highest BCUT2D eigenvalue weighted by molar-refractivity contribution is 4.69. The summed E-state index contributed by atoms with van der Waals surface area (Å²) in [4.78, 5) is 2.36. The van der Waals surface area contributed by atoms with Gasteiger partial charge in [-0.05, 0) is 40.4 Å². The Morgan fingerprint density at radius 1 is 1.50 bits per heavy atom. The van der Waals surface area contributed by atoms with Gasteiger partial charge >= 0.3 is 0 Å². The number of rotatable bonds is 7. The predicted octanol–water partition coefficient (Wildman–Crippen LogP) is 1.49. The van der Waals surface area contributed by atoms with Gasteiger partial charge in [0.25, 0.3) is 0 Å². The standard InChI is InChI=1S/C10H22N2/c1-5-7-11-8-6-9-12(4)10(2)3/h5,10-11H,1,6-9H2,2-4H3. The van der Waals surface area contributed by atoms with Crippen LogP contribution in [0, 0.1) is 0 Å². The van der Waals surface area contributed by atoms with Gasteiger partial charge in [0.15, 0.2) is 0 Å². The molecule has 0 spiro atoms. The van der Waals surface area contributed by atoms with Crippen molar-refractivity contribution in [2.24, 2.45) is 0 Å². The van der Waals surface area contributed by atoms with Crippen molar-refractivity contribution in [3.8, 4) is 0 Å². The second-order valence-corrected chi connectivity index (χ2v) is 3.42. The Labute approximate surface area is 76.6 Å². The third-order valence-corrected chi connectivity index (χ3v) is 2.03. The Hall–Kier alpha value is -0.340. The Balaban J connectivity index is 3.13. The predicted molar refractivity (Wildman–Crippen MR) is 55.4 cm³/mol. The summed E-state index contributed by atoms with van der Waals surface area (Å²) in [5.41, 5.74) is 0. The topological polar surface area (TPSA) is 15.3 Å². The first kappa shape index (κ1) is 11.7. The zero-order valence-corrected chi connectivity index (χ0v) is 8.64. The van der Waals surface area contributed by atoms with Crippen LogP contribution in [0.4, 0.5) is 0 Å². The Morgan fingerprint density at radius 3 is 2.67 bits per heavy atom. The smallest absolute Gasteiger partial charge is 0.0132 e. The summed E-state index contributed by atoms with van der Waals surface area (Å²) in [6.45, 7) is 11.3. The molecule has 0 aliphatic rings. The van der Waals surface area contributed by atoms with Crippen LogP contribution in [0.5, 0.6) is 0 Å². The molecule has 0 aromatic carbocycles. The highest BCUT2D eigenvalue weighted by Crippen LogP contribution is 1.93. The van der Waals surface area contributed by atoms with Crippen LogP contribution in [0.15, 0.2) is 12.7 Å². The van der Waals surface area contributed by atoms with Crippen molar-refractivity contribution < 1.29 is 0 Å². The summed E-state index contributed by atoms with van der Waals surface area (Å²) in [6.07, 6.45) is 3.11. The number of hydrogen-bond acceptors (Lipinski definition) is 2. The molecule has 12 heavy (non-hydrogen) atoms. The van der Waals surface area contributed by atoms with Crippen LogP contribution < -0.4 is 5.32 Å². The first-order chi connectivity index (χ1) is 5.68. The second kappa shape index (κ2) is 7.32. The summed E-state index contributed by atoms with van der Waals surface area (Å²) in [6, 6.07) is 0.657. The molecule has 0 unspecified atom stereocenters. The van der Waals surface area contributed by atoms with Gasteiger partial charge in [-0.3, -0.25) is 0 Å². The van der Waals surface area contributed by atoms with E-state index in [2.05, 4.69) is 37.7 Å². The van der Waals surface area contributed by atoms with Crippen molar-refractivity contribution in [3.63, 3.8) is 0 Å². The van der Waals surface area contributed by atoms with E-state index in [-0.39, 0.29) is 0 Å². The maximum absolute atomic E-state index is 3.65. The lowest BCUT2D eigenvalue weighted by Crippen LogP contribution is -2.29. The molecular weight excluding hydrogens is 148 g/mol. The largest absolute Gasteiger partial charge is 0.313 e. The van der Waals surface area contributed by atoms with Crippen molar-refractivity contribution in [1.29, 1.82) is 0 Å². The molecule has 0 amide bonds. The van der Waals surface area contributed by atoms with E-state index >= 15 is 0 Å². The average molecular weight is 170 g/mol. The lowest BCUT2D eigenvalue weighted by molar-refractivity contribution is 0.270. The van der Waals surface area contributed by atoms with Gasteiger partial charge in [0.05, 0.1) is 0 Å². The molecule has 0 aromatic rings. The lowest BCUT2D eigenvalue weighted by Gasteiger charge is -2.20. The Kier molecular flexibility index (Phi) is 7.11. The molecule has 0 heterocycles. The van der Waals surface area contributed by atoms with Crippen LogP contribution >= 0.6 is 0 Å². The molecule has 2 nitrogen and oxygen atoms in total. The molecule has 0 atom stereocenters. The molecular formula is C10H22N2. The summed E-state index contributed by atoms with van der Waals surface area (Å²) in [7, 11) is 2.16. The van der Waals surface area contributed by atoms with Crippen molar-refractivity contribution in [2.45, 2.75) is 26.3 Å². The van der Waals surface area contributed by atoms with Crippen LogP contribution in [0.2, 0.25) is 0 Å². The minimum absolute atomic E-state index is 0.657. The van der Waals surface area contributed by atoms with E-state index in [0.717, 1.165) is 13.1 Å². The minimum Gasteiger partial charge on any atom is -0.313 e. The van der Waals surface area contributed by atoms with Crippen LogP contribution in [0.25, 0.3) is 0 Å². The van der Waals surface area contributed by atoms with Gasteiger partial charge in [-0.15, -0.1) is 6.58 Å². The summed E-state index contributed by atoms with van der Waals surface area (Å²) >= 11 is 0. The Morgan fingerprint density at radius 2 is 2.17 bits per heavy atom. The van der Waals surface area contributed by atoms with E-state index < -0.39 is 0 Å². The van der Waals surface area contributed by atoms with Crippen LogP contribution in [-0.2, 0) is 0 Å². The van der Waals surface area contributed by atoms with Crippen LogP contribution in [-0.4, -0.2) is 37.6 Å². The quantitative estimate of drug-likeness (QED) is 0.460. The monoisotopic (exact) mass is 170 g/mol. The fourth-order valence-electron chi connectivity index (χ4n) is 0.916. The summed E-state index contributed by atoms with van der Waals surface area (Å²) < 4.78 is 0. The van der Waals surface area contributed by atoms with Gasteiger partial charge in [0.1, 0.15) is 0 Å². The normalized spacial score (nSPS) is 11.1. The molecule has 1 N–H and O–H groups in total. The van der Waals surface area contributed by atoms with Gasteiger partial charge in [0.2, 0.25) is 0 Å².